The number of nitrogens with one attached hydrogen (secondary N) is 7. The van der Waals surface area contributed by atoms with E-state index in [9.17, 15) is 58.8 Å². The Morgan fingerprint density at radius 2 is 1.50 bits per heavy atom. The molecule has 0 saturated carbocycles. The van der Waals surface area contributed by atoms with Crippen LogP contribution in [0.5, 0.6) is 0 Å². The van der Waals surface area contributed by atoms with Crippen LogP contribution in [0.25, 0.3) is 0 Å². The highest BCUT2D eigenvalue weighted by molar-refractivity contribution is 5.98. The number of aliphatic hydroxyl groups excluding tert-OH is 3. The average molecular weight is 793 g/mol. The van der Waals surface area contributed by atoms with E-state index in [1.807, 2.05) is 0 Å². The molecule has 23 nitrogen and oxygen atoms in total. The van der Waals surface area contributed by atoms with Crippen molar-refractivity contribution in [1.29, 1.82) is 0 Å². The van der Waals surface area contributed by atoms with Gasteiger partial charge in [-0.3, -0.25) is 43.3 Å². The average Bonchev–Trinajstić information content (AvgIpc) is 3.14. The van der Waals surface area contributed by atoms with Gasteiger partial charge in [-0.1, -0.05) is 30.3 Å². The molecule has 23 heteroatoms. The molecule has 2 saturated heterocycles. The predicted octanol–water partition coefficient (Wildman–Crippen LogP) is -7.07. The van der Waals surface area contributed by atoms with Crippen LogP contribution in [0.15, 0.2) is 35.3 Å². The van der Waals surface area contributed by atoms with E-state index in [1.54, 1.807) is 30.3 Å². The van der Waals surface area contributed by atoms with Crippen LogP contribution in [0.2, 0.25) is 0 Å². The Morgan fingerprint density at radius 3 is 2.12 bits per heavy atom. The lowest BCUT2D eigenvalue weighted by atomic mass is 9.92. The first-order valence-electron chi connectivity index (χ1n) is 17.5. The van der Waals surface area contributed by atoms with Crippen molar-refractivity contribution in [2.45, 2.75) is 87.2 Å². The van der Waals surface area contributed by atoms with Crippen molar-refractivity contribution < 1.29 is 63.5 Å². The summed E-state index contributed by atoms with van der Waals surface area (Å²) < 4.78 is 5.50. The molecule has 1 aromatic carbocycles. The van der Waals surface area contributed by atoms with Crippen LogP contribution >= 0.6 is 0 Å². The number of carboxylic acid groups (broad SMARTS) is 1. The van der Waals surface area contributed by atoms with Crippen molar-refractivity contribution in [2.75, 3.05) is 26.2 Å². The molecule has 0 bridgehead atoms. The molecule has 0 spiro atoms. The Balaban J connectivity index is 2.01. The van der Waals surface area contributed by atoms with Gasteiger partial charge in [0, 0.05) is 26.4 Å². The third-order valence-electron chi connectivity index (χ3n) is 8.62. The summed E-state index contributed by atoms with van der Waals surface area (Å²) in [7, 11) is 0. The number of aliphatic carboxylic acids is 1. The number of benzene rings is 1. The van der Waals surface area contributed by atoms with E-state index in [0.29, 0.717) is 5.56 Å². The molecular formula is C33H48N10O13. The number of carboxylic acids is 1. The fourth-order valence-electron chi connectivity index (χ4n) is 5.82. The van der Waals surface area contributed by atoms with Crippen LogP contribution in [0.4, 0.5) is 0 Å². The van der Waals surface area contributed by atoms with E-state index in [4.69, 9.17) is 16.2 Å². The molecule has 3 rings (SSSR count). The van der Waals surface area contributed by atoms with Gasteiger partial charge in [-0.25, -0.2) is 0 Å². The lowest BCUT2D eigenvalue weighted by molar-refractivity contribution is -0.198. The summed E-state index contributed by atoms with van der Waals surface area (Å²) in [6, 6.07) is 0.390. The summed E-state index contributed by atoms with van der Waals surface area (Å²) in [6.07, 6.45) is -7.77. The number of guanidine groups is 1. The predicted molar refractivity (Wildman–Crippen MR) is 191 cm³/mol. The monoisotopic (exact) mass is 792 g/mol. The maximum atomic E-state index is 14.0. The molecule has 15 N–H and O–H groups in total. The van der Waals surface area contributed by atoms with Crippen molar-refractivity contribution in [3.8, 4) is 0 Å². The summed E-state index contributed by atoms with van der Waals surface area (Å²) in [5.41, 5.74) is 11.3. The summed E-state index contributed by atoms with van der Waals surface area (Å²) in [5, 5.41) is 56.7. The second-order valence-electron chi connectivity index (χ2n) is 13.0. The lowest BCUT2D eigenvalue weighted by Crippen LogP contribution is -2.67. The Kier molecular flexibility index (Phi) is 16.9. The highest BCUT2D eigenvalue weighted by Gasteiger charge is 2.48. The molecule has 2 aliphatic heterocycles. The normalized spacial score (nSPS) is 27.7. The Morgan fingerprint density at radius 1 is 0.875 bits per heavy atom. The number of nitrogens with zero attached hydrogens (tertiary/aromatic N) is 1. The topological polar surface area (TPSA) is 375 Å². The van der Waals surface area contributed by atoms with Crippen molar-refractivity contribution in [1.82, 2.24) is 37.2 Å². The van der Waals surface area contributed by atoms with E-state index in [0.717, 1.165) is 6.92 Å². The van der Waals surface area contributed by atoms with Crippen LogP contribution < -0.4 is 48.7 Å². The van der Waals surface area contributed by atoms with Gasteiger partial charge in [-0.15, -0.1) is 0 Å². The lowest BCUT2D eigenvalue weighted by Gasteiger charge is -2.41. The summed E-state index contributed by atoms with van der Waals surface area (Å²) in [6.45, 7) is -1.21. The second-order valence-corrected chi connectivity index (χ2v) is 13.0. The minimum absolute atomic E-state index is 0.0245. The van der Waals surface area contributed by atoms with Crippen molar-refractivity contribution in [3.05, 3.63) is 35.9 Å². The molecule has 2 fully saturated rings. The summed E-state index contributed by atoms with van der Waals surface area (Å²) in [4.78, 5) is 108. The molecule has 9 atom stereocenters. The first-order valence-corrected chi connectivity index (χ1v) is 17.5. The third-order valence-corrected chi connectivity index (χ3v) is 8.62. The molecule has 0 radical (unpaired) electrons. The Bertz CT molecular complexity index is 1630. The van der Waals surface area contributed by atoms with E-state index in [2.05, 4.69) is 42.2 Å². The van der Waals surface area contributed by atoms with Crippen LogP contribution in [0.1, 0.15) is 31.7 Å². The maximum Gasteiger partial charge on any atom is 0.305 e. The number of aliphatic hydroxyl groups is 3. The standard InChI is InChI=1S/C33H48N10O13/c1-15(45)39-24-26(50)25(49)21(14-44)56-27(24)32(55)37-12-20-31(54)41-17(8-5-9-36-33(34)35)28(51)38-13-22(46)40-19(11-23(47)48)30(53)42-18(29(52)43-20)10-16-6-3-2-4-7-16/h2-4,6-7,17-21,24-27,44,49-50H,5,8-14H2,1H3,(H,37,55)(H,38,51)(H,39,45)(H,40,46)(H,41,54)(H,42,53)(H,43,52)(H,47,48)(H4,34,35,36)/t17-,18+,19-,20-,21+,24+,25+,26+,27+/m0/s1. The molecule has 56 heavy (non-hydrogen) atoms. The first-order chi connectivity index (χ1) is 26.5. The van der Waals surface area contributed by atoms with Crippen LogP contribution in [0.3, 0.4) is 0 Å². The van der Waals surface area contributed by atoms with Crippen LogP contribution in [0, 0.1) is 0 Å². The molecule has 1 aromatic rings. The Hall–Kier alpha value is -5.91. The highest BCUT2D eigenvalue weighted by atomic mass is 16.5. The van der Waals surface area contributed by atoms with Crippen LogP contribution in [-0.2, 0) is 49.5 Å². The van der Waals surface area contributed by atoms with Gasteiger partial charge in [-0.2, -0.15) is 0 Å². The van der Waals surface area contributed by atoms with Crippen molar-refractivity contribution in [3.63, 3.8) is 0 Å². The number of hydrogen-bond acceptors (Lipinski definition) is 13. The Labute approximate surface area is 319 Å². The van der Waals surface area contributed by atoms with Gasteiger partial charge in [0.05, 0.1) is 25.6 Å². The number of carbonyl (C=O) groups is 8. The number of nitrogens with two attached hydrogens (primary N) is 2. The zero-order valence-corrected chi connectivity index (χ0v) is 30.3. The van der Waals surface area contributed by atoms with Crippen molar-refractivity contribution >= 4 is 53.3 Å². The van der Waals surface area contributed by atoms with Crippen molar-refractivity contribution in [2.24, 2.45) is 16.5 Å². The number of hydrogen-bond donors (Lipinski definition) is 13. The van der Waals surface area contributed by atoms with E-state index in [1.165, 1.54) is 0 Å². The maximum absolute atomic E-state index is 14.0. The fraction of sp³-hybridized carbons (Fsp3) is 0.545. The summed E-state index contributed by atoms with van der Waals surface area (Å²) in [5.74, 6) is -8.49. The minimum Gasteiger partial charge on any atom is -0.481 e. The molecule has 2 heterocycles. The van der Waals surface area contributed by atoms with Gasteiger partial charge in [0.2, 0.25) is 35.4 Å². The molecule has 0 unspecified atom stereocenters. The quantitative estimate of drug-likeness (QED) is 0.0501. The zero-order chi connectivity index (χ0) is 41.5. The molecule has 0 aliphatic carbocycles. The van der Waals surface area contributed by atoms with E-state index >= 15 is 0 Å². The molecule has 308 valence electrons. The van der Waals surface area contributed by atoms with Gasteiger partial charge in [0.15, 0.2) is 12.1 Å². The second kappa shape index (κ2) is 21.3. The van der Waals surface area contributed by atoms with Gasteiger partial charge in [0.1, 0.15) is 42.5 Å². The smallest absolute Gasteiger partial charge is 0.305 e. The number of rotatable bonds is 13. The summed E-state index contributed by atoms with van der Waals surface area (Å²) >= 11 is 0. The third kappa shape index (κ3) is 13.4. The number of amides is 7. The number of ether oxygens (including phenoxy) is 1. The first kappa shape index (κ1) is 44.5. The zero-order valence-electron chi connectivity index (χ0n) is 30.3. The van der Waals surface area contributed by atoms with Gasteiger partial charge >= 0.3 is 5.97 Å². The molecule has 7 amide bonds. The molecule has 2 aliphatic rings. The number of aliphatic imine (C=N–C) groups is 1. The van der Waals surface area contributed by atoms with Gasteiger partial charge in [-0.05, 0) is 18.4 Å². The molecule has 0 aromatic heterocycles. The highest BCUT2D eigenvalue weighted by Crippen LogP contribution is 2.21. The molecular weight excluding hydrogens is 744 g/mol. The van der Waals surface area contributed by atoms with Gasteiger partial charge in [0.25, 0.3) is 5.91 Å². The minimum atomic E-state index is -1.78. The SMILES string of the molecule is CC(=O)N[C@@H]1[C@@H](O)[C@H](O)[C@@H](CO)O[C@H]1C(=O)NC[C@@H]1NC(=O)[C@@H](Cc2ccccc2)NC(=O)[C@H](CC(=O)O)NC(=O)CNC(=O)[C@H](CCCN=C(N)N)NC1=O. The van der Waals surface area contributed by atoms with E-state index < -0.39 is 128 Å². The number of carbonyl (C=O) groups excluding carboxylic acids is 7. The van der Waals surface area contributed by atoms with Crippen LogP contribution in [-0.4, -0.2) is 155 Å². The van der Waals surface area contributed by atoms with E-state index in [-0.39, 0.29) is 31.8 Å². The fourth-order valence-corrected chi connectivity index (χ4v) is 5.82. The largest absolute Gasteiger partial charge is 0.481 e. The van der Waals surface area contributed by atoms with Gasteiger partial charge < -0.3 is 73.8 Å².